The van der Waals surface area contributed by atoms with Crippen LogP contribution < -0.4 is 11.1 Å². The molecular weight excluding hydrogens is 242 g/mol. The van der Waals surface area contributed by atoms with Gasteiger partial charge in [0.1, 0.15) is 0 Å². The van der Waals surface area contributed by atoms with Crippen LogP contribution in [0.2, 0.25) is 0 Å². The van der Waals surface area contributed by atoms with Crippen molar-refractivity contribution in [2.24, 2.45) is 5.73 Å². The maximum absolute atomic E-state index is 11.7. The number of morpholine rings is 1. The molecule has 112 valence electrons. The molecule has 1 aliphatic heterocycles. The number of carbonyl (C=O) groups excluding carboxylic acids is 1. The Hall–Kier alpha value is -0.650. The minimum atomic E-state index is 0.143. The van der Waals surface area contributed by atoms with E-state index in [2.05, 4.69) is 17.1 Å². The van der Waals surface area contributed by atoms with Crippen molar-refractivity contribution in [1.29, 1.82) is 0 Å². The third-order valence-electron chi connectivity index (χ3n) is 3.55. The SMILES string of the molecule is CCN1CCOC(CNC(=O)CCCCCCN)C1. The molecule has 1 atom stereocenters. The van der Waals surface area contributed by atoms with Crippen molar-refractivity contribution >= 4 is 5.91 Å². The van der Waals surface area contributed by atoms with Gasteiger partial charge in [0.2, 0.25) is 5.91 Å². The lowest BCUT2D eigenvalue weighted by atomic mass is 10.1. The van der Waals surface area contributed by atoms with E-state index in [-0.39, 0.29) is 12.0 Å². The third kappa shape index (κ3) is 7.50. The number of amides is 1. The van der Waals surface area contributed by atoms with Gasteiger partial charge in [0, 0.05) is 26.1 Å². The van der Waals surface area contributed by atoms with Crippen molar-refractivity contribution in [2.45, 2.75) is 45.1 Å². The van der Waals surface area contributed by atoms with Crippen molar-refractivity contribution in [1.82, 2.24) is 10.2 Å². The smallest absolute Gasteiger partial charge is 0.220 e. The Morgan fingerprint density at radius 1 is 1.37 bits per heavy atom. The number of hydrogen-bond donors (Lipinski definition) is 2. The zero-order valence-electron chi connectivity index (χ0n) is 12.2. The second-order valence-electron chi connectivity index (χ2n) is 5.14. The van der Waals surface area contributed by atoms with Gasteiger partial charge in [-0.05, 0) is 25.9 Å². The van der Waals surface area contributed by atoms with Crippen molar-refractivity contribution in [3.05, 3.63) is 0 Å². The monoisotopic (exact) mass is 271 g/mol. The standard InChI is InChI=1S/C14H29N3O2/c1-2-17-9-10-19-13(12-17)11-16-14(18)7-5-3-4-6-8-15/h13H,2-12,15H2,1H3,(H,16,18). The Morgan fingerprint density at radius 3 is 2.89 bits per heavy atom. The van der Waals surface area contributed by atoms with Gasteiger partial charge in [-0.25, -0.2) is 0 Å². The molecule has 0 spiro atoms. The molecule has 1 heterocycles. The number of nitrogens with two attached hydrogens (primary N) is 1. The molecule has 0 radical (unpaired) electrons. The molecule has 0 aromatic carbocycles. The normalized spacial score (nSPS) is 20.4. The van der Waals surface area contributed by atoms with Crippen LogP contribution in [0.3, 0.4) is 0 Å². The molecule has 0 aromatic heterocycles. The molecule has 0 aromatic rings. The summed E-state index contributed by atoms with van der Waals surface area (Å²) in [5, 5.41) is 2.97. The molecule has 0 aliphatic carbocycles. The van der Waals surface area contributed by atoms with Crippen molar-refractivity contribution < 1.29 is 9.53 Å². The van der Waals surface area contributed by atoms with E-state index in [1.807, 2.05) is 0 Å². The molecule has 0 bridgehead atoms. The quantitative estimate of drug-likeness (QED) is 0.607. The Balaban J connectivity index is 2.02. The van der Waals surface area contributed by atoms with Gasteiger partial charge in [0.25, 0.3) is 0 Å². The summed E-state index contributed by atoms with van der Waals surface area (Å²) in [6, 6.07) is 0. The van der Waals surface area contributed by atoms with Crippen LogP contribution in [0.15, 0.2) is 0 Å². The van der Waals surface area contributed by atoms with E-state index in [0.29, 0.717) is 13.0 Å². The number of unbranched alkanes of at least 4 members (excludes halogenated alkanes) is 3. The molecular formula is C14H29N3O2. The van der Waals surface area contributed by atoms with E-state index in [4.69, 9.17) is 10.5 Å². The van der Waals surface area contributed by atoms with Gasteiger partial charge in [-0.1, -0.05) is 19.8 Å². The van der Waals surface area contributed by atoms with Crippen LogP contribution in [0, 0.1) is 0 Å². The topological polar surface area (TPSA) is 67.6 Å². The van der Waals surface area contributed by atoms with Gasteiger partial charge in [0.05, 0.1) is 12.7 Å². The molecule has 1 fully saturated rings. The van der Waals surface area contributed by atoms with Crippen molar-refractivity contribution in [3.8, 4) is 0 Å². The van der Waals surface area contributed by atoms with Crippen LogP contribution in [0.1, 0.15) is 39.0 Å². The number of nitrogens with zero attached hydrogens (tertiary/aromatic N) is 1. The number of rotatable bonds is 9. The fraction of sp³-hybridized carbons (Fsp3) is 0.929. The lowest BCUT2D eigenvalue weighted by molar-refractivity contribution is -0.122. The lowest BCUT2D eigenvalue weighted by Gasteiger charge is -2.32. The number of carbonyl (C=O) groups is 1. The van der Waals surface area contributed by atoms with Crippen LogP contribution >= 0.6 is 0 Å². The molecule has 3 N–H and O–H groups in total. The predicted octanol–water partition coefficient (Wildman–Crippen LogP) is 0.733. The van der Waals surface area contributed by atoms with E-state index < -0.39 is 0 Å². The molecule has 1 amide bonds. The molecule has 1 aliphatic rings. The first-order valence-corrected chi connectivity index (χ1v) is 7.57. The van der Waals surface area contributed by atoms with Gasteiger partial charge in [0.15, 0.2) is 0 Å². The van der Waals surface area contributed by atoms with E-state index in [1.54, 1.807) is 0 Å². The highest BCUT2D eigenvalue weighted by Gasteiger charge is 2.19. The van der Waals surface area contributed by atoms with Crippen LogP contribution in [-0.2, 0) is 9.53 Å². The van der Waals surface area contributed by atoms with Gasteiger partial charge in [-0.2, -0.15) is 0 Å². The van der Waals surface area contributed by atoms with E-state index in [0.717, 1.165) is 58.5 Å². The first-order chi connectivity index (χ1) is 9.26. The number of ether oxygens (including phenoxy) is 1. The highest BCUT2D eigenvalue weighted by molar-refractivity contribution is 5.75. The average Bonchev–Trinajstić information content (AvgIpc) is 2.45. The summed E-state index contributed by atoms with van der Waals surface area (Å²) in [4.78, 5) is 14.0. The molecule has 1 rings (SSSR count). The second kappa shape index (κ2) is 10.2. The summed E-state index contributed by atoms with van der Waals surface area (Å²) in [5.74, 6) is 0.143. The molecule has 1 saturated heterocycles. The van der Waals surface area contributed by atoms with Crippen LogP contribution in [0.5, 0.6) is 0 Å². The number of hydrogen-bond acceptors (Lipinski definition) is 4. The van der Waals surface area contributed by atoms with E-state index >= 15 is 0 Å². The third-order valence-corrected chi connectivity index (χ3v) is 3.55. The summed E-state index contributed by atoms with van der Waals surface area (Å²) in [5.41, 5.74) is 5.43. The Morgan fingerprint density at radius 2 is 2.16 bits per heavy atom. The zero-order chi connectivity index (χ0) is 13.9. The van der Waals surface area contributed by atoms with Crippen LogP contribution in [0.4, 0.5) is 0 Å². The first-order valence-electron chi connectivity index (χ1n) is 7.57. The summed E-state index contributed by atoms with van der Waals surface area (Å²) in [7, 11) is 0. The molecule has 5 heteroatoms. The van der Waals surface area contributed by atoms with Gasteiger partial charge in [-0.3, -0.25) is 9.69 Å². The van der Waals surface area contributed by atoms with Gasteiger partial charge >= 0.3 is 0 Å². The van der Waals surface area contributed by atoms with Crippen molar-refractivity contribution in [3.63, 3.8) is 0 Å². The highest BCUT2D eigenvalue weighted by atomic mass is 16.5. The largest absolute Gasteiger partial charge is 0.374 e. The fourth-order valence-corrected chi connectivity index (χ4v) is 2.29. The Kier molecular flexibility index (Phi) is 8.79. The summed E-state index contributed by atoms with van der Waals surface area (Å²) in [6.07, 6.45) is 5.00. The maximum atomic E-state index is 11.7. The Bertz CT molecular complexity index is 249. The van der Waals surface area contributed by atoms with Crippen LogP contribution in [0.25, 0.3) is 0 Å². The predicted molar refractivity (Wildman–Crippen MR) is 77.0 cm³/mol. The van der Waals surface area contributed by atoms with Gasteiger partial charge in [-0.15, -0.1) is 0 Å². The van der Waals surface area contributed by atoms with Crippen LogP contribution in [-0.4, -0.2) is 56.2 Å². The lowest BCUT2D eigenvalue weighted by Crippen LogP contribution is -2.47. The Labute approximate surface area is 116 Å². The number of nitrogens with one attached hydrogen (secondary N) is 1. The maximum Gasteiger partial charge on any atom is 0.220 e. The minimum absolute atomic E-state index is 0.143. The van der Waals surface area contributed by atoms with E-state index in [9.17, 15) is 4.79 Å². The minimum Gasteiger partial charge on any atom is -0.374 e. The molecule has 0 saturated carbocycles. The molecule has 5 nitrogen and oxygen atoms in total. The first kappa shape index (κ1) is 16.4. The van der Waals surface area contributed by atoms with Crippen molar-refractivity contribution in [2.75, 3.05) is 39.3 Å². The average molecular weight is 271 g/mol. The second-order valence-corrected chi connectivity index (χ2v) is 5.14. The molecule has 19 heavy (non-hydrogen) atoms. The zero-order valence-corrected chi connectivity index (χ0v) is 12.2. The van der Waals surface area contributed by atoms with E-state index in [1.165, 1.54) is 0 Å². The van der Waals surface area contributed by atoms with Gasteiger partial charge < -0.3 is 15.8 Å². The number of likely N-dealkylation sites (N-methyl/N-ethyl adjacent to an activating group) is 1. The molecule has 1 unspecified atom stereocenters. The fourth-order valence-electron chi connectivity index (χ4n) is 2.29. The summed E-state index contributed by atoms with van der Waals surface area (Å²) < 4.78 is 5.65. The summed E-state index contributed by atoms with van der Waals surface area (Å²) in [6.45, 7) is 7.29. The highest BCUT2D eigenvalue weighted by Crippen LogP contribution is 2.05. The summed E-state index contributed by atoms with van der Waals surface area (Å²) >= 11 is 0.